The summed E-state index contributed by atoms with van der Waals surface area (Å²) in [6.45, 7) is 1.83. The largest absolute Gasteiger partial charge is 0.336 e. The molecule has 1 aliphatic carbocycles. The van der Waals surface area contributed by atoms with Gasteiger partial charge in [0.25, 0.3) is 0 Å². The van der Waals surface area contributed by atoms with E-state index in [9.17, 15) is 13.2 Å². The van der Waals surface area contributed by atoms with E-state index in [2.05, 4.69) is 15.9 Å². The van der Waals surface area contributed by atoms with E-state index in [0.717, 1.165) is 22.2 Å². The Kier molecular flexibility index (Phi) is 6.57. The van der Waals surface area contributed by atoms with Crippen LogP contribution < -0.4 is 0 Å². The number of thioether (sulfide) groups is 1. The summed E-state index contributed by atoms with van der Waals surface area (Å²) in [6.07, 6.45) is 3.62. The molecule has 0 aromatic heterocycles. The van der Waals surface area contributed by atoms with Gasteiger partial charge in [-0.05, 0) is 47.8 Å². The van der Waals surface area contributed by atoms with E-state index in [1.54, 1.807) is 16.7 Å². The number of carbonyl (C=O) groups excluding carboxylic acids is 1. The highest BCUT2D eigenvalue weighted by Gasteiger charge is 2.36. The Hall–Kier alpha value is -0.530. The fourth-order valence-corrected chi connectivity index (χ4v) is 5.16. The van der Waals surface area contributed by atoms with Crippen molar-refractivity contribution in [1.29, 1.82) is 0 Å². The van der Waals surface area contributed by atoms with Crippen molar-refractivity contribution in [2.24, 2.45) is 0 Å². The molecule has 0 saturated heterocycles. The van der Waals surface area contributed by atoms with Crippen LogP contribution in [0.5, 0.6) is 0 Å². The Labute approximate surface area is 151 Å². The predicted molar refractivity (Wildman–Crippen MR) is 98.5 cm³/mol. The molecule has 0 unspecified atom stereocenters. The van der Waals surface area contributed by atoms with Crippen LogP contribution in [0, 0.1) is 0 Å². The molecule has 1 atom stereocenters. The molecule has 7 heteroatoms. The lowest BCUT2D eigenvalue weighted by atomic mass is 10.2. The third kappa shape index (κ3) is 6.12. The monoisotopic (exact) mass is 419 g/mol. The van der Waals surface area contributed by atoms with Crippen LogP contribution in [0.3, 0.4) is 0 Å². The van der Waals surface area contributed by atoms with Crippen LogP contribution in [0.15, 0.2) is 33.6 Å². The first kappa shape index (κ1) is 18.8. The van der Waals surface area contributed by atoms with Gasteiger partial charge in [-0.15, -0.1) is 11.8 Å². The van der Waals surface area contributed by atoms with E-state index in [0.29, 0.717) is 12.2 Å². The number of hydrogen-bond donors (Lipinski definition) is 0. The topological polar surface area (TPSA) is 54.5 Å². The summed E-state index contributed by atoms with van der Waals surface area (Å²) in [6, 6.07) is 7.91. The Bertz CT molecular complexity index is 659. The van der Waals surface area contributed by atoms with Crippen molar-refractivity contribution >= 4 is 43.4 Å². The highest BCUT2D eigenvalue weighted by molar-refractivity contribution is 9.10. The minimum absolute atomic E-state index is 0.0343. The van der Waals surface area contributed by atoms with Crippen LogP contribution in [0.2, 0.25) is 0 Å². The Morgan fingerprint density at radius 2 is 2.04 bits per heavy atom. The molecular weight excluding hydrogens is 398 g/mol. The zero-order chi connectivity index (χ0) is 17.0. The van der Waals surface area contributed by atoms with Crippen LogP contribution in [0.4, 0.5) is 0 Å². The second-order valence-corrected chi connectivity index (χ2v) is 10.2. The van der Waals surface area contributed by atoms with E-state index < -0.39 is 9.84 Å². The molecule has 1 aliphatic rings. The summed E-state index contributed by atoms with van der Waals surface area (Å²) in [5, 5.41) is 0. The third-order valence-corrected chi connectivity index (χ3v) is 6.77. The average Bonchev–Trinajstić information content (AvgIpc) is 3.23. The predicted octanol–water partition coefficient (Wildman–Crippen LogP) is 3.36. The maximum Gasteiger partial charge on any atom is 0.223 e. The van der Waals surface area contributed by atoms with Gasteiger partial charge in [0, 0.05) is 39.9 Å². The minimum Gasteiger partial charge on any atom is -0.336 e. The number of benzene rings is 1. The fraction of sp³-hybridized carbons (Fsp3) is 0.562. The molecule has 0 heterocycles. The summed E-state index contributed by atoms with van der Waals surface area (Å²) in [5.41, 5.74) is 0. The van der Waals surface area contributed by atoms with Gasteiger partial charge in [-0.3, -0.25) is 4.79 Å². The standard InChI is InChI=1S/C16H22BrNO3S2/c1-12(11-23(2,20)21)18(13-7-8-13)16(19)9-10-22-15-6-4-3-5-14(15)17/h3-6,12-13H,7-11H2,1-2H3/t12-/m0/s1. The molecule has 4 nitrogen and oxygen atoms in total. The highest BCUT2D eigenvalue weighted by atomic mass is 79.9. The number of rotatable bonds is 8. The van der Waals surface area contributed by atoms with Gasteiger partial charge >= 0.3 is 0 Å². The molecule has 0 aliphatic heterocycles. The second-order valence-electron chi connectivity index (χ2n) is 6.00. The summed E-state index contributed by atoms with van der Waals surface area (Å²) in [5.74, 6) is 0.784. The Morgan fingerprint density at radius 1 is 1.39 bits per heavy atom. The van der Waals surface area contributed by atoms with Crippen molar-refractivity contribution in [2.75, 3.05) is 17.8 Å². The summed E-state index contributed by atoms with van der Waals surface area (Å²) in [4.78, 5) is 15.4. The zero-order valence-electron chi connectivity index (χ0n) is 13.4. The van der Waals surface area contributed by atoms with Crippen LogP contribution in [-0.4, -0.2) is 49.1 Å². The molecule has 1 aromatic carbocycles. The summed E-state index contributed by atoms with van der Waals surface area (Å²) in [7, 11) is -3.08. The van der Waals surface area contributed by atoms with E-state index in [4.69, 9.17) is 0 Å². The fourth-order valence-electron chi connectivity index (χ4n) is 2.62. The van der Waals surface area contributed by atoms with Gasteiger partial charge in [0.2, 0.25) is 5.91 Å². The van der Waals surface area contributed by atoms with E-state index >= 15 is 0 Å². The first-order valence-corrected chi connectivity index (χ1v) is 11.5. The van der Waals surface area contributed by atoms with E-state index in [1.807, 2.05) is 31.2 Å². The first-order chi connectivity index (χ1) is 10.8. The second kappa shape index (κ2) is 8.03. The van der Waals surface area contributed by atoms with Crippen molar-refractivity contribution in [3.05, 3.63) is 28.7 Å². The number of hydrogen-bond acceptors (Lipinski definition) is 4. The Morgan fingerprint density at radius 3 is 2.61 bits per heavy atom. The van der Waals surface area contributed by atoms with Gasteiger partial charge in [0.15, 0.2) is 0 Å². The van der Waals surface area contributed by atoms with Gasteiger partial charge in [-0.2, -0.15) is 0 Å². The number of nitrogens with zero attached hydrogens (tertiary/aromatic N) is 1. The molecule has 0 N–H and O–H groups in total. The normalized spacial score (nSPS) is 16.1. The molecular formula is C16H22BrNO3S2. The van der Waals surface area contributed by atoms with Crippen LogP contribution in [0.1, 0.15) is 26.2 Å². The van der Waals surface area contributed by atoms with Crippen molar-refractivity contribution in [2.45, 2.75) is 43.2 Å². The smallest absolute Gasteiger partial charge is 0.223 e. The van der Waals surface area contributed by atoms with Gasteiger partial charge < -0.3 is 4.90 Å². The molecule has 0 bridgehead atoms. The molecule has 1 fully saturated rings. The molecule has 2 rings (SSSR count). The van der Waals surface area contributed by atoms with Gasteiger partial charge in [0.05, 0.1) is 5.75 Å². The molecule has 128 valence electrons. The lowest BCUT2D eigenvalue weighted by Gasteiger charge is -2.29. The number of amides is 1. The van der Waals surface area contributed by atoms with Crippen molar-refractivity contribution in [3.8, 4) is 0 Å². The third-order valence-electron chi connectivity index (χ3n) is 3.66. The minimum atomic E-state index is -3.08. The molecule has 1 aromatic rings. The number of sulfone groups is 1. The van der Waals surface area contributed by atoms with Crippen LogP contribution in [-0.2, 0) is 14.6 Å². The van der Waals surface area contributed by atoms with Gasteiger partial charge in [-0.25, -0.2) is 8.42 Å². The van der Waals surface area contributed by atoms with Crippen molar-refractivity contribution in [3.63, 3.8) is 0 Å². The van der Waals surface area contributed by atoms with E-state index in [1.165, 1.54) is 6.26 Å². The number of halogens is 1. The lowest BCUT2D eigenvalue weighted by molar-refractivity contribution is -0.132. The molecule has 23 heavy (non-hydrogen) atoms. The number of carbonyl (C=O) groups is 1. The lowest BCUT2D eigenvalue weighted by Crippen LogP contribution is -2.43. The molecule has 1 amide bonds. The van der Waals surface area contributed by atoms with Crippen LogP contribution in [0.25, 0.3) is 0 Å². The maximum absolute atomic E-state index is 12.5. The highest BCUT2D eigenvalue weighted by Crippen LogP contribution is 2.31. The summed E-state index contributed by atoms with van der Waals surface area (Å²) >= 11 is 5.14. The van der Waals surface area contributed by atoms with Gasteiger partial charge in [-0.1, -0.05) is 12.1 Å². The van der Waals surface area contributed by atoms with E-state index in [-0.39, 0.29) is 23.7 Å². The van der Waals surface area contributed by atoms with Crippen LogP contribution >= 0.6 is 27.7 Å². The van der Waals surface area contributed by atoms with Crippen molar-refractivity contribution < 1.29 is 13.2 Å². The molecule has 0 radical (unpaired) electrons. The van der Waals surface area contributed by atoms with Gasteiger partial charge in [0.1, 0.15) is 9.84 Å². The molecule has 1 saturated carbocycles. The first-order valence-electron chi connectivity index (χ1n) is 7.64. The summed E-state index contributed by atoms with van der Waals surface area (Å²) < 4.78 is 24.0. The van der Waals surface area contributed by atoms with Crippen molar-refractivity contribution in [1.82, 2.24) is 4.90 Å². The SMILES string of the molecule is C[C@@H](CS(C)(=O)=O)N(C(=O)CCSc1ccccc1Br)C1CC1. The maximum atomic E-state index is 12.5. The zero-order valence-corrected chi connectivity index (χ0v) is 16.6. The molecule has 0 spiro atoms. The average molecular weight is 420 g/mol. The Balaban J connectivity index is 1.90. The quantitative estimate of drug-likeness (QED) is 0.606.